The first-order valence-corrected chi connectivity index (χ1v) is 9.47. The zero-order valence-electron chi connectivity index (χ0n) is 13.7. The van der Waals surface area contributed by atoms with Crippen molar-refractivity contribution in [1.82, 2.24) is 4.72 Å². The van der Waals surface area contributed by atoms with Crippen LogP contribution >= 0.6 is 12.4 Å². The standard InChI is InChI=1S/C16H24N2O4S.ClH/c1-22-16(19)14-8-4-5-12(9-14)11-23(20,21)18-15(10-17)13-6-2-3-7-13;/h4-5,8-9,13,15,18H,2-3,6-7,10-11,17H2,1H3;1H. The Labute approximate surface area is 149 Å². The Balaban J connectivity index is 0.00000288. The predicted molar refractivity (Wildman–Crippen MR) is 95.6 cm³/mol. The van der Waals surface area contributed by atoms with E-state index in [1.807, 2.05) is 0 Å². The van der Waals surface area contributed by atoms with Gasteiger partial charge in [-0.3, -0.25) is 0 Å². The third-order valence-corrected chi connectivity index (χ3v) is 5.63. The van der Waals surface area contributed by atoms with Crippen molar-refractivity contribution in [3.63, 3.8) is 0 Å². The number of esters is 1. The van der Waals surface area contributed by atoms with Gasteiger partial charge in [-0.25, -0.2) is 17.9 Å². The molecule has 3 N–H and O–H groups in total. The van der Waals surface area contributed by atoms with Gasteiger partial charge >= 0.3 is 5.97 Å². The van der Waals surface area contributed by atoms with E-state index in [-0.39, 0.29) is 24.2 Å². The summed E-state index contributed by atoms with van der Waals surface area (Å²) in [5.74, 6) is -0.347. The molecule has 2 rings (SSSR count). The second-order valence-corrected chi connectivity index (χ2v) is 7.71. The third kappa shape index (κ3) is 5.73. The summed E-state index contributed by atoms with van der Waals surface area (Å²) in [7, 11) is -2.22. The fraction of sp³-hybridized carbons (Fsp3) is 0.562. The van der Waals surface area contributed by atoms with Gasteiger partial charge in [-0.1, -0.05) is 25.0 Å². The topological polar surface area (TPSA) is 98.5 Å². The van der Waals surface area contributed by atoms with Gasteiger partial charge in [0, 0.05) is 12.6 Å². The van der Waals surface area contributed by atoms with Gasteiger partial charge in [-0.15, -0.1) is 12.4 Å². The molecule has 0 radical (unpaired) electrons. The molecule has 0 aliphatic heterocycles. The number of ether oxygens (including phenoxy) is 1. The van der Waals surface area contributed by atoms with Gasteiger partial charge in [0.2, 0.25) is 10.0 Å². The zero-order chi connectivity index (χ0) is 16.9. The lowest BCUT2D eigenvalue weighted by Gasteiger charge is -2.23. The monoisotopic (exact) mass is 376 g/mol. The minimum absolute atomic E-state index is 0. The maximum atomic E-state index is 12.4. The Bertz CT molecular complexity index is 645. The van der Waals surface area contributed by atoms with E-state index in [2.05, 4.69) is 9.46 Å². The van der Waals surface area contributed by atoms with Crippen LogP contribution in [0.2, 0.25) is 0 Å². The van der Waals surface area contributed by atoms with Gasteiger partial charge < -0.3 is 10.5 Å². The van der Waals surface area contributed by atoms with E-state index in [0.29, 0.717) is 23.6 Å². The summed E-state index contributed by atoms with van der Waals surface area (Å²) in [6.07, 6.45) is 4.29. The number of rotatable bonds is 7. The molecule has 0 amide bonds. The molecule has 136 valence electrons. The zero-order valence-corrected chi connectivity index (χ0v) is 15.4. The van der Waals surface area contributed by atoms with Crippen molar-refractivity contribution >= 4 is 28.4 Å². The summed E-state index contributed by atoms with van der Waals surface area (Å²) < 4.78 is 32.2. The molecular formula is C16H25ClN2O4S. The van der Waals surface area contributed by atoms with Crippen LogP contribution in [0.15, 0.2) is 24.3 Å². The SMILES string of the molecule is COC(=O)c1cccc(CS(=O)(=O)NC(CN)C2CCCC2)c1.Cl. The van der Waals surface area contributed by atoms with Crippen molar-refractivity contribution in [2.45, 2.75) is 37.5 Å². The number of carbonyl (C=O) groups is 1. The highest BCUT2D eigenvalue weighted by atomic mass is 35.5. The first-order chi connectivity index (χ1) is 10.9. The van der Waals surface area contributed by atoms with Gasteiger partial charge in [0.1, 0.15) is 0 Å². The van der Waals surface area contributed by atoms with Crippen molar-refractivity contribution in [2.75, 3.05) is 13.7 Å². The lowest BCUT2D eigenvalue weighted by molar-refractivity contribution is 0.0600. The van der Waals surface area contributed by atoms with Gasteiger partial charge in [0.05, 0.1) is 18.4 Å². The molecule has 0 heterocycles. The summed E-state index contributed by atoms with van der Waals surface area (Å²) in [6, 6.07) is 6.24. The smallest absolute Gasteiger partial charge is 0.337 e. The fourth-order valence-corrected chi connectivity index (χ4v) is 4.55. The van der Waals surface area contributed by atoms with E-state index in [0.717, 1.165) is 25.7 Å². The maximum Gasteiger partial charge on any atom is 0.337 e. The summed E-state index contributed by atoms with van der Waals surface area (Å²) in [5.41, 5.74) is 6.63. The van der Waals surface area contributed by atoms with Crippen LogP contribution in [-0.4, -0.2) is 34.1 Å². The molecule has 1 aromatic rings. The number of nitrogens with one attached hydrogen (secondary N) is 1. The Hall–Kier alpha value is -1.15. The summed E-state index contributed by atoms with van der Waals surface area (Å²) in [4.78, 5) is 11.5. The average molecular weight is 377 g/mol. The minimum atomic E-state index is -3.51. The first-order valence-electron chi connectivity index (χ1n) is 7.82. The molecule has 1 aliphatic carbocycles. The number of hydrogen-bond acceptors (Lipinski definition) is 5. The molecule has 8 heteroatoms. The number of methoxy groups -OCH3 is 1. The second kappa shape index (κ2) is 9.36. The van der Waals surface area contributed by atoms with Crippen LogP contribution in [0, 0.1) is 5.92 Å². The molecule has 0 aromatic heterocycles. The molecule has 1 atom stereocenters. The van der Waals surface area contributed by atoms with Gasteiger partial charge in [-0.2, -0.15) is 0 Å². The molecule has 1 saturated carbocycles. The van der Waals surface area contributed by atoms with Crippen molar-refractivity contribution in [2.24, 2.45) is 11.7 Å². The summed E-state index contributed by atoms with van der Waals surface area (Å²) >= 11 is 0. The number of benzene rings is 1. The Morgan fingerprint density at radius 2 is 2.04 bits per heavy atom. The van der Waals surface area contributed by atoms with Crippen LogP contribution in [0.4, 0.5) is 0 Å². The van der Waals surface area contributed by atoms with Crippen LogP contribution in [0.25, 0.3) is 0 Å². The van der Waals surface area contributed by atoms with Crippen molar-refractivity contribution in [3.8, 4) is 0 Å². The van der Waals surface area contributed by atoms with Crippen LogP contribution in [0.1, 0.15) is 41.6 Å². The number of hydrogen-bond donors (Lipinski definition) is 2. The molecule has 24 heavy (non-hydrogen) atoms. The highest BCUT2D eigenvalue weighted by molar-refractivity contribution is 7.88. The molecule has 1 aliphatic rings. The number of halogens is 1. The van der Waals surface area contributed by atoms with Crippen LogP contribution in [-0.2, 0) is 20.5 Å². The van der Waals surface area contributed by atoms with E-state index in [1.54, 1.807) is 18.2 Å². The van der Waals surface area contributed by atoms with E-state index < -0.39 is 16.0 Å². The van der Waals surface area contributed by atoms with Crippen LogP contribution in [0.3, 0.4) is 0 Å². The fourth-order valence-electron chi connectivity index (χ4n) is 3.09. The van der Waals surface area contributed by atoms with Crippen LogP contribution in [0.5, 0.6) is 0 Å². The highest BCUT2D eigenvalue weighted by Gasteiger charge is 2.27. The first kappa shape index (κ1) is 20.9. The lowest BCUT2D eigenvalue weighted by atomic mass is 9.99. The summed E-state index contributed by atoms with van der Waals surface area (Å²) in [5, 5.41) is 0. The van der Waals surface area contributed by atoms with Gasteiger partial charge in [0.15, 0.2) is 0 Å². The normalized spacial score (nSPS) is 16.4. The predicted octanol–water partition coefficient (Wildman–Crippen LogP) is 1.83. The minimum Gasteiger partial charge on any atom is -0.465 e. The lowest BCUT2D eigenvalue weighted by Crippen LogP contribution is -2.44. The quantitative estimate of drug-likeness (QED) is 0.707. The van der Waals surface area contributed by atoms with Gasteiger partial charge in [0.25, 0.3) is 0 Å². The van der Waals surface area contributed by atoms with Crippen molar-refractivity contribution < 1.29 is 17.9 Å². The second-order valence-electron chi connectivity index (χ2n) is 5.96. The van der Waals surface area contributed by atoms with Gasteiger partial charge in [-0.05, 0) is 36.5 Å². The summed E-state index contributed by atoms with van der Waals surface area (Å²) in [6.45, 7) is 0.298. The number of carbonyl (C=O) groups excluding carboxylic acids is 1. The largest absolute Gasteiger partial charge is 0.465 e. The van der Waals surface area contributed by atoms with Crippen LogP contribution < -0.4 is 10.5 Å². The molecular weight excluding hydrogens is 352 g/mol. The molecule has 1 aromatic carbocycles. The highest BCUT2D eigenvalue weighted by Crippen LogP contribution is 2.27. The molecule has 0 saturated heterocycles. The molecule has 0 bridgehead atoms. The van der Waals surface area contributed by atoms with E-state index in [1.165, 1.54) is 13.2 Å². The molecule has 1 fully saturated rings. The Morgan fingerprint density at radius 1 is 1.38 bits per heavy atom. The third-order valence-electron chi connectivity index (χ3n) is 4.26. The van der Waals surface area contributed by atoms with E-state index in [9.17, 15) is 13.2 Å². The molecule has 1 unspecified atom stereocenters. The number of sulfonamides is 1. The Morgan fingerprint density at radius 3 is 2.62 bits per heavy atom. The van der Waals surface area contributed by atoms with Crippen molar-refractivity contribution in [3.05, 3.63) is 35.4 Å². The Kier molecular flexibility index (Phi) is 8.15. The van der Waals surface area contributed by atoms with E-state index >= 15 is 0 Å². The molecule has 6 nitrogen and oxygen atoms in total. The average Bonchev–Trinajstić information content (AvgIpc) is 3.06. The maximum absolute atomic E-state index is 12.4. The number of nitrogens with two attached hydrogens (primary N) is 1. The molecule has 0 spiro atoms. The van der Waals surface area contributed by atoms with Crippen molar-refractivity contribution in [1.29, 1.82) is 0 Å². The van der Waals surface area contributed by atoms with E-state index in [4.69, 9.17) is 5.73 Å².